The van der Waals surface area contributed by atoms with Crippen LogP contribution in [0.5, 0.6) is 0 Å². The zero-order valence-corrected chi connectivity index (χ0v) is 18.6. The first kappa shape index (κ1) is 20.6. The third-order valence-electron chi connectivity index (χ3n) is 6.35. The average molecular weight is 465 g/mol. The van der Waals surface area contributed by atoms with Crippen LogP contribution in [0.4, 0.5) is 11.4 Å². The molecule has 1 aliphatic carbocycles. The summed E-state index contributed by atoms with van der Waals surface area (Å²) in [5, 5.41) is 13.7. The van der Waals surface area contributed by atoms with E-state index in [1.807, 2.05) is 19.1 Å². The van der Waals surface area contributed by atoms with Crippen LogP contribution in [0.2, 0.25) is 10.0 Å². The van der Waals surface area contributed by atoms with Gasteiger partial charge in [-0.15, -0.1) is 0 Å². The second-order valence-corrected chi connectivity index (χ2v) is 8.92. The summed E-state index contributed by atoms with van der Waals surface area (Å²) in [6.07, 6.45) is 1.38. The van der Waals surface area contributed by atoms with Crippen molar-refractivity contribution in [2.24, 2.45) is 5.73 Å². The molecule has 0 fully saturated rings. The molecule has 0 bridgehead atoms. The minimum atomic E-state index is -1.59. The Labute approximate surface area is 194 Å². The molecule has 1 spiro atoms. The molecule has 2 aliphatic heterocycles. The molecule has 2 heterocycles. The van der Waals surface area contributed by atoms with Gasteiger partial charge in [0.25, 0.3) is 0 Å². The summed E-state index contributed by atoms with van der Waals surface area (Å²) < 4.78 is 0. The van der Waals surface area contributed by atoms with Crippen molar-refractivity contribution in [3.05, 3.63) is 80.2 Å². The molecular formula is C24H18Cl2N4O2. The molecule has 2 aromatic carbocycles. The molecule has 0 aromatic heterocycles. The Bertz CT molecular complexity index is 1340. The summed E-state index contributed by atoms with van der Waals surface area (Å²) in [5.74, 6) is -0.564. The number of allylic oxidation sites excluding steroid dienone is 1. The molecule has 5 rings (SSSR count). The van der Waals surface area contributed by atoms with Gasteiger partial charge < -0.3 is 11.1 Å². The van der Waals surface area contributed by atoms with Crippen LogP contribution in [0, 0.1) is 18.3 Å². The molecule has 3 N–H and O–H groups in total. The number of fused-ring (bicyclic) bond motifs is 3. The first-order valence-corrected chi connectivity index (χ1v) is 10.9. The number of rotatable bonds is 1. The number of anilines is 2. The van der Waals surface area contributed by atoms with Crippen LogP contribution >= 0.6 is 23.2 Å². The van der Waals surface area contributed by atoms with E-state index in [0.717, 1.165) is 5.56 Å². The lowest BCUT2D eigenvalue weighted by Crippen LogP contribution is -2.50. The molecular weight excluding hydrogens is 447 g/mol. The summed E-state index contributed by atoms with van der Waals surface area (Å²) in [5.41, 5.74) is 8.39. The van der Waals surface area contributed by atoms with Gasteiger partial charge in [0.2, 0.25) is 5.91 Å². The number of ketones is 1. The van der Waals surface area contributed by atoms with Crippen LogP contribution < -0.4 is 16.0 Å². The van der Waals surface area contributed by atoms with E-state index in [-0.39, 0.29) is 34.2 Å². The van der Waals surface area contributed by atoms with Crippen molar-refractivity contribution >= 4 is 46.3 Å². The molecule has 32 heavy (non-hydrogen) atoms. The number of Topliss-reactive ketones (excluding diaryl/α,β-unsaturated/α-hetero) is 1. The molecule has 3 aliphatic rings. The van der Waals surface area contributed by atoms with Gasteiger partial charge in [0.15, 0.2) is 5.78 Å². The lowest BCUT2D eigenvalue weighted by Gasteiger charge is -2.43. The molecule has 0 saturated carbocycles. The van der Waals surface area contributed by atoms with Gasteiger partial charge in [-0.05, 0) is 38.0 Å². The molecule has 1 amide bonds. The number of nitrogens with one attached hydrogen (secondary N) is 1. The highest BCUT2D eigenvalue weighted by molar-refractivity contribution is 6.43. The Morgan fingerprint density at radius 3 is 2.72 bits per heavy atom. The van der Waals surface area contributed by atoms with Crippen LogP contribution in [0.15, 0.2) is 59.1 Å². The second-order valence-electron chi connectivity index (χ2n) is 8.13. The molecule has 0 saturated heterocycles. The zero-order chi connectivity index (χ0) is 22.8. The predicted molar refractivity (Wildman–Crippen MR) is 123 cm³/mol. The van der Waals surface area contributed by atoms with Gasteiger partial charge in [-0.1, -0.05) is 47.0 Å². The summed E-state index contributed by atoms with van der Waals surface area (Å²) >= 11 is 12.8. The lowest BCUT2D eigenvalue weighted by molar-refractivity contribution is -0.122. The third kappa shape index (κ3) is 2.52. The van der Waals surface area contributed by atoms with Crippen molar-refractivity contribution in [2.45, 2.75) is 31.6 Å². The van der Waals surface area contributed by atoms with Crippen molar-refractivity contribution in [1.29, 1.82) is 5.26 Å². The monoisotopic (exact) mass is 464 g/mol. The fourth-order valence-electron chi connectivity index (χ4n) is 5.04. The van der Waals surface area contributed by atoms with E-state index >= 15 is 0 Å². The number of halogens is 2. The van der Waals surface area contributed by atoms with Crippen LogP contribution in [-0.2, 0) is 15.0 Å². The normalized spacial score (nSPS) is 22.1. The number of nitrogens with zero attached hydrogens (tertiary/aromatic N) is 2. The molecule has 6 nitrogen and oxygen atoms in total. The van der Waals surface area contributed by atoms with Gasteiger partial charge in [-0.3, -0.25) is 14.5 Å². The standard InChI is InChI=1S/C24H18Cl2N4O2/c1-12-8-9-16-13(10-12)24(23(32)29-16)14(11-27)22(28)30(17-5-3-7-19(31)20(17)24)18-6-2-4-15(25)21(18)26/h2,4,6,8-10H,3,5,7,28H2,1H3,(H,29,32)/t24-/m0/s1. The minimum absolute atomic E-state index is 0.00407. The van der Waals surface area contributed by atoms with Gasteiger partial charge in [0.1, 0.15) is 17.3 Å². The largest absolute Gasteiger partial charge is 0.384 e. The summed E-state index contributed by atoms with van der Waals surface area (Å²) in [7, 11) is 0. The Hall–Kier alpha value is -3.27. The zero-order valence-electron chi connectivity index (χ0n) is 17.1. The Balaban J connectivity index is 1.91. The highest BCUT2D eigenvalue weighted by atomic mass is 35.5. The number of carbonyl (C=O) groups is 2. The number of hydrogen-bond donors (Lipinski definition) is 2. The number of aryl methyl sites for hydroxylation is 1. The summed E-state index contributed by atoms with van der Waals surface area (Å²) in [4.78, 5) is 28.6. The SMILES string of the molecule is Cc1ccc2c(c1)[C@]1(C(=O)N2)C(C#N)=C(N)N(c2cccc(Cl)c2Cl)C2=C1C(=O)CCC2. The van der Waals surface area contributed by atoms with Gasteiger partial charge in [-0.2, -0.15) is 5.26 Å². The fraction of sp³-hybridized carbons (Fsp3) is 0.208. The second kappa shape index (κ2) is 7.13. The Morgan fingerprint density at radius 1 is 1.19 bits per heavy atom. The van der Waals surface area contributed by atoms with Crippen LogP contribution in [0.3, 0.4) is 0 Å². The molecule has 0 radical (unpaired) electrons. The van der Waals surface area contributed by atoms with Crippen molar-refractivity contribution in [3.63, 3.8) is 0 Å². The summed E-state index contributed by atoms with van der Waals surface area (Å²) in [6, 6.07) is 12.7. The van der Waals surface area contributed by atoms with Gasteiger partial charge >= 0.3 is 0 Å². The van der Waals surface area contributed by atoms with Crippen LogP contribution in [0.25, 0.3) is 0 Å². The number of nitriles is 1. The number of hydrogen-bond acceptors (Lipinski definition) is 5. The van der Waals surface area contributed by atoms with Crippen LogP contribution in [0.1, 0.15) is 30.4 Å². The van der Waals surface area contributed by atoms with E-state index in [0.29, 0.717) is 40.5 Å². The maximum absolute atomic E-state index is 13.6. The van der Waals surface area contributed by atoms with Crippen molar-refractivity contribution in [1.82, 2.24) is 0 Å². The molecule has 2 aromatic rings. The molecule has 1 atom stereocenters. The maximum Gasteiger partial charge on any atom is 0.245 e. The highest BCUT2D eigenvalue weighted by Crippen LogP contribution is 2.55. The minimum Gasteiger partial charge on any atom is -0.384 e. The fourth-order valence-corrected chi connectivity index (χ4v) is 5.42. The first-order valence-electron chi connectivity index (χ1n) is 10.2. The topological polar surface area (TPSA) is 99.2 Å². The Kier molecular flexibility index (Phi) is 4.59. The highest BCUT2D eigenvalue weighted by Gasteiger charge is 2.60. The van der Waals surface area contributed by atoms with E-state index in [1.165, 1.54) is 0 Å². The quantitative estimate of drug-likeness (QED) is 0.636. The van der Waals surface area contributed by atoms with E-state index in [9.17, 15) is 14.9 Å². The Morgan fingerprint density at radius 2 is 1.97 bits per heavy atom. The van der Waals surface area contributed by atoms with Gasteiger partial charge in [-0.25, -0.2) is 0 Å². The number of nitrogens with two attached hydrogens (primary N) is 1. The van der Waals surface area contributed by atoms with Crippen molar-refractivity contribution < 1.29 is 9.59 Å². The molecule has 8 heteroatoms. The predicted octanol–water partition coefficient (Wildman–Crippen LogP) is 4.71. The molecule has 160 valence electrons. The van der Waals surface area contributed by atoms with E-state index < -0.39 is 11.3 Å². The van der Waals surface area contributed by atoms with Crippen LogP contribution in [-0.4, -0.2) is 11.7 Å². The van der Waals surface area contributed by atoms with E-state index in [1.54, 1.807) is 29.2 Å². The maximum atomic E-state index is 13.6. The smallest absolute Gasteiger partial charge is 0.245 e. The summed E-state index contributed by atoms with van der Waals surface area (Å²) in [6.45, 7) is 1.90. The van der Waals surface area contributed by atoms with Crippen molar-refractivity contribution in [2.75, 3.05) is 10.2 Å². The van der Waals surface area contributed by atoms with E-state index in [4.69, 9.17) is 28.9 Å². The van der Waals surface area contributed by atoms with Gasteiger partial charge in [0, 0.05) is 28.9 Å². The average Bonchev–Trinajstić information content (AvgIpc) is 3.03. The number of benzene rings is 2. The number of amides is 1. The third-order valence-corrected chi connectivity index (χ3v) is 7.16. The van der Waals surface area contributed by atoms with Crippen molar-refractivity contribution in [3.8, 4) is 6.07 Å². The van der Waals surface area contributed by atoms with Gasteiger partial charge in [0.05, 0.1) is 21.3 Å². The lowest BCUT2D eigenvalue weighted by atomic mass is 9.63. The number of carbonyl (C=O) groups excluding carboxylic acids is 2. The first-order chi connectivity index (χ1) is 15.3. The molecule has 0 unspecified atom stereocenters. The van der Waals surface area contributed by atoms with E-state index in [2.05, 4.69) is 11.4 Å².